The van der Waals surface area contributed by atoms with Gasteiger partial charge in [-0.05, 0) is 43.4 Å². The molecule has 0 radical (unpaired) electrons. The Kier molecular flexibility index (Phi) is 13.2. The Balaban J connectivity index is 0.00000385. The lowest BCUT2D eigenvalue weighted by molar-refractivity contribution is 0.0203. The summed E-state index contributed by atoms with van der Waals surface area (Å²) in [5, 5.41) is 3.50. The Morgan fingerprint density at radius 1 is 1.12 bits per heavy atom. The Morgan fingerprint density at radius 3 is 2.55 bits per heavy atom. The van der Waals surface area contributed by atoms with Crippen molar-refractivity contribution in [1.82, 2.24) is 15.1 Å². The van der Waals surface area contributed by atoms with Gasteiger partial charge < -0.3 is 29.2 Å². The molecule has 188 valence electrons. The highest BCUT2D eigenvalue weighted by Crippen LogP contribution is 2.25. The molecule has 1 N–H and O–H groups in total. The molecule has 0 saturated carbocycles. The van der Waals surface area contributed by atoms with Crippen LogP contribution in [0.3, 0.4) is 0 Å². The molecule has 3 rings (SSSR count). The molecule has 33 heavy (non-hydrogen) atoms. The standard InChI is InChI=1S/C24H40N4O4.HI/c1-25-24(26-9-4-14-32-19-20-7-15-31-16-8-20)28-12-10-27(11-13-28)18-21-17-22(29-2)5-6-23(21)30-3;/h5-6,17,20H,4,7-16,18-19H2,1-3H3,(H,25,26);1H. The number of nitrogens with one attached hydrogen (secondary N) is 1. The van der Waals surface area contributed by atoms with E-state index in [-0.39, 0.29) is 24.0 Å². The molecular formula is C24H41IN4O4. The molecule has 0 unspecified atom stereocenters. The molecule has 2 heterocycles. The highest BCUT2D eigenvalue weighted by molar-refractivity contribution is 14.0. The highest BCUT2D eigenvalue weighted by atomic mass is 127. The first-order valence-corrected chi connectivity index (χ1v) is 11.8. The van der Waals surface area contributed by atoms with Crippen LogP contribution in [0.4, 0.5) is 0 Å². The van der Waals surface area contributed by atoms with Gasteiger partial charge in [0.15, 0.2) is 5.96 Å². The Bertz CT molecular complexity index is 708. The fourth-order valence-electron chi connectivity index (χ4n) is 4.23. The SMILES string of the molecule is CN=C(NCCCOCC1CCOCC1)N1CCN(Cc2cc(OC)ccc2OC)CC1.I. The summed E-state index contributed by atoms with van der Waals surface area (Å²) < 4.78 is 22.2. The van der Waals surface area contributed by atoms with Gasteiger partial charge in [0, 0.05) is 78.3 Å². The molecule has 0 spiro atoms. The molecule has 2 fully saturated rings. The van der Waals surface area contributed by atoms with Gasteiger partial charge >= 0.3 is 0 Å². The van der Waals surface area contributed by atoms with Crippen molar-refractivity contribution >= 4 is 29.9 Å². The second-order valence-corrected chi connectivity index (χ2v) is 8.40. The van der Waals surface area contributed by atoms with Gasteiger partial charge in [0.2, 0.25) is 0 Å². The van der Waals surface area contributed by atoms with Crippen molar-refractivity contribution in [2.24, 2.45) is 10.9 Å². The summed E-state index contributed by atoms with van der Waals surface area (Å²) in [6.45, 7) is 9.00. The molecule has 1 aromatic rings. The third kappa shape index (κ3) is 9.11. The number of benzene rings is 1. The molecule has 2 saturated heterocycles. The van der Waals surface area contributed by atoms with E-state index >= 15 is 0 Å². The first-order valence-electron chi connectivity index (χ1n) is 11.8. The average molecular weight is 577 g/mol. The van der Waals surface area contributed by atoms with Crippen LogP contribution in [0.15, 0.2) is 23.2 Å². The predicted octanol–water partition coefficient (Wildman–Crippen LogP) is 2.85. The fraction of sp³-hybridized carbons (Fsp3) is 0.708. The number of halogens is 1. The minimum absolute atomic E-state index is 0. The van der Waals surface area contributed by atoms with E-state index < -0.39 is 0 Å². The van der Waals surface area contributed by atoms with E-state index in [9.17, 15) is 0 Å². The number of hydrogen-bond donors (Lipinski definition) is 1. The fourth-order valence-corrected chi connectivity index (χ4v) is 4.23. The monoisotopic (exact) mass is 576 g/mol. The quantitative estimate of drug-likeness (QED) is 0.199. The summed E-state index contributed by atoms with van der Waals surface area (Å²) in [4.78, 5) is 9.27. The van der Waals surface area contributed by atoms with Crippen LogP contribution >= 0.6 is 24.0 Å². The van der Waals surface area contributed by atoms with E-state index in [1.54, 1.807) is 14.2 Å². The third-order valence-corrected chi connectivity index (χ3v) is 6.21. The van der Waals surface area contributed by atoms with Crippen LogP contribution < -0.4 is 14.8 Å². The molecule has 2 aliphatic heterocycles. The molecule has 2 aliphatic rings. The topological polar surface area (TPSA) is 67.8 Å². The molecule has 1 aromatic carbocycles. The van der Waals surface area contributed by atoms with Gasteiger partial charge in [-0.15, -0.1) is 24.0 Å². The summed E-state index contributed by atoms with van der Waals surface area (Å²) in [7, 11) is 5.27. The molecule has 8 nitrogen and oxygen atoms in total. The van der Waals surface area contributed by atoms with Crippen molar-refractivity contribution in [3.8, 4) is 11.5 Å². The third-order valence-electron chi connectivity index (χ3n) is 6.21. The molecule has 0 aromatic heterocycles. The zero-order chi connectivity index (χ0) is 22.6. The number of rotatable bonds is 10. The maximum Gasteiger partial charge on any atom is 0.193 e. The van der Waals surface area contributed by atoms with Crippen LogP contribution in [-0.4, -0.2) is 96.2 Å². The summed E-state index contributed by atoms with van der Waals surface area (Å²) in [6.07, 6.45) is 3.24. The van der Waals surface area contributed by atoms with Gasteiger partial charge in [0.1, 0.15) is 11.5 Å². The Hall–Kier alpha value is -1.30. The summed E-state index contributed by atoms with van der Waals surface area (Å²) >= 11 is 0. The average Bonchev–Trinajstić information content (AvgIpc) is 2.85. The first-order chi connectivity index (χ1) is 15.7. The van der Waals surface area contributed by atoms with Gasteiger partial charge in [-0.1, -0.05) is 0 Å². The van der Waals surface area contributed by atoms with E-state index in [1.165, 1.54) is 0 Å². The maximum absolute atomic E-state index is 5.87. The van der Waals surface area contributed by atoms with Crippen LogP contribution in [-0.2, 0) is 16.0 Å². The van der Waals surface area contributed by atoms with Crippen molar-refractivity contribution in [1.29, 1.82) is 0 Å². The number of ether oxygens (including phenoxy) is 4. The van der Waals surface area contributed by atoms with E-state index in [2.05, 4.69) is 26.2 Å². The van der Waals surface area contributed by atoms with E-state index in [4.69, 9.17) is 18.9 Å². The van der Waals surface area contributed by atoms with Crippen molar-refractivity contribution in [2.45, 2.75) is 25.8 Å². The van der Waals surface area contributed by atoms with Crippen LogP contribution in [0.1, 0.15) is 24.8 Å². The lowest BCUT2D eigenvalue weighted by atomic mass is 10.0. The largest absolute Gasteiger partial charge is 0.497 e. The molecule has 0 bridgehead atoms. The zero-order valence-corrected chi connectivity index (χ0v) is 22.7. The van der Waals surface area contributed by atoms with Crippen LogP contribution in [0, 0.1) is 5.92 Å². The van der Waals surface area contributed by atoms with Gasteiger partial charge in [0.05, 0.1) is 14.2 Å². The second-order valence-electron chi connectivity index (χ2n) is 8.40. The van der Waals surface area contributed by atoms with Gasteiger partial charge in [-0.25, -0.2) is 0 Å². The number of methoxy groups -OCH3 is 2. The lowest BCUT2D eigenvalue weighted by Gasteiger charge is -2.36. The predicted molar refractivity (Wildman–Crippen MR) is 142 cm³/mol. The van der Waals surface area contributed by atoms with Crippen molar-refractivity contribution in [3.63, 3.8) is 0 Å². The number of aliphatic imine (C=N–C) groups is 1. The highest BCUT2D eigenvalue weighted by Gasteiger charge is 2.21. The van der Waals surface area contributed by atoms with Gasteiger partial charge in [0.25, 0.3) is 0 Å². The van der Waals surface area contributed by atoms with Gasteiger partial charge in [-0.3, -0.25) is 9.89 Å². The lowest BCUT2D eigenvalue weighted by Crippen LogP contribution is -2.52. The van der Waals surface area contributed by atoms with E-state index in [0.29, 0.717) is 5.92 Å². The number of nitrogens with zero attached hydrogens (tertiary/aromatic N) is 3. The van der Waals surface area contributed by atoms with Crippen LogP contribution in [0.25, 0.3) is 0 Å². The maximum atomic E-state index is 5.87. The smallest absolute Gasteiger partial charge is 0.193 e. The van der Waals surface area contributed by atoms with E-state index in [0.717, 1.165) is 108 Å². The van der Waals surface area contributed by atoms with Crippen molar-refractivity contribution in [3.05, 3.63) is 23.8 Å². The number of piperazine rings is 1. The van der Waals surface area contributed by atoms with Crippen LogP contribution in [0.2, 0.25) is 0 Å². The molecule has 0 amide bonds. The Morgan fingerprint density at radius 2 is 1.88 bits per heavy atom. The Labute approximate surface area is 216 Å². The number of guanidine groups is 1. The normalized spacial score (nSPS) is 18.0. The minimum atomic E-state index is 0. The number of hydrogen-bond acceptors (Lipinski definition) is 6. The van der Waals surface area contributed by atoms with Gasteiger partial charge in [-0.2, -0.15) is 0 Å². The molecular weight excluding hydrogens is 535 g/mol. The summed E-state index contributed by atoms with van der Waals surface area (Å²) in [5.74, 6) is 3.41. The van der Waals surface area contributed by atoms with Crippen molar-refractivity contribution in [2.75, 3.05) is 80.4 Å². The van der Waals surface area contributed by atoms with Crippen molar-refractivity contribution < 1.29 is 18.9 Å². The summed E-state index contributed by atoms with van der Waals surface area (Å²) in [6, 6.07) is 5.98. The second kappa shape index (κ2) is 15.6. The molecule has 9 heteroatoms. The summed E-state index contributed by atoms with van der Waals surface area (Å²) in [5.41, 5.74) is 1.16. The zero-order valence-electron chi connectivity index (χ0n) is 20.4. The van der Waals surface area contributed by atoms with Crippen LogP contribution in [0.5, 0.6) is 11.5 Å². The van der Waals surface area contributed by atoms with E-state index in [1.807, 2.05) is 19.2 Å². The minimum Gasteiger partial charge on any atom is -0.497 e. The molecule has 0 atom stereocenters. The molecule has 0 aliphatic carbocycles. The first kappa shape index (κ1) is 27.9.